The van der Waals surface area contributed by atoms with Crippen molar-refractivity contribution in [3.63, 3.8) is 0 Å². The van der Waals surface area contributed by atoms with Crippen LogP contribution >= 0.6 is 11.8 Å². The number of ether oxygens (including phenoxy) is 1. The molecule has 0 saturated carbocycles. The molecule has 2 nitrogen and oxygen atoms in total. The second-order valence-electron chi connectivity index (χ2n) is 4.73. The van der Waals surface area contributed by atoms with Crippen molar-refractivity contribution < 1.29 is 4.74 Å². The molecule has 1 atom stereocenters. The minimum absolute atomic E-state index is 0.210. The normalized spacial score (nSPS) is 12.1. The van der Waals surface area contributed by atoms with Gasteiger partial charge in [0.25, 0.3) is 0 Å². The van der Waals surface area contributed by atoms with Crippen molar-refractivity contribution in [1.29, 1.82) is 0 Å². The number of thioether (sulfide) groups is 1. The fourth-order valence-electron chi connectivity index (χ4n) is 2.37. The van der Waals surface area contributed by atoms with E-state index in [1.807, 2.05) is 37.9 Å². The number of rotatable bonds is 7. The van der Waals surface area contributed by atoms with Crippen LogP contribution in [0.1, 0.15) is 31.0 Å². The smallest absolute Gasteiger partial charge is 0.119 e. The summed E-state index contributed by atoms with van der Waals surface area (Å²) in [4.78, 5) is 1.32. The Balaban J connectivity index is 2.18. The van der Waals surface area contributed by atoms with E-state index >= 15 is 0 Å². The zero-order valence-electron chi connectivity index (χ0n) is 12.9. The highest BCUT2D eigenvalue weighted by Crippen LogP contribution is 2.26. The minimum atomic E-state index is 0.210. The van der Waals surface area contributed by atoms with Crippen molar-refractivity contribution in [2.75, 3.05) is 19.4 Å². The van der Waals surface area contributed by atoms with E-state index in [0.717, 1.165) is 11.5 Å². The summed E-state index contributed by atoms with van der Waals surface area (Å²) in [6.07, 6.45) is 0. The van der Waals surface area contributed by atoms with E-state index in [0.29, 0.717) is 6.61 Å². The molecule has 0 aromatic heterocycles. The largest absolute Gasteiger partial charge is 0.494 e. The van der Waals surface area contributed by atoms with Crippen molar-refractivity contribution in [3.8, 4) is 5.75 Å². The van der Waals surface area contributed by atoms with Gasteiger partial charge in [0.2, 0.25) is 0 Å². The topological polar surface area (TPSA) is 21.3 Å². The second kappa shape index (κ2) is 8.11. The lowest BCUT2D eigenvalue weighted by Crippen LogP contribution is -2.17. The zero-order chi connectivity index (χ0) is 15.1. The second-order valence-corrected chi connectivity index (χ2v) is 6.06. The van der Waals surface area contributed by atoms with Gasteiger partial charge in [-0.2, -0.15) is 0 Å². The van der Waals surface area contributed by atoms with Crippen molar-refractivity contribution in [2.24, 2.45) is 0 Å². The summed E-state index contributed by atoms with van der Waals surface area (Å²) >= 11 is 1.87. The predicted molar refractivity (Wildman–Crippen MR) is 91.4 cm³/mol. The molecule has 21 heavy (non-hydrogen) atoms. The molecule has 0 radical (unpaired) electrons. The molecule has 2 aromatic carbocycles. The minimum Gasteiger partial charge on any atom is -0.494 e. The van der Waals surface area contributed by atoms with Crippen molar-refractivity contribution in [2.45, 2.75) is 24.8 Å². The maximum Gasteiger partial charge on any atom is 0.119 e. The predicted octanol–water partition coefficient (Wildman–Crippen LogP) is 4.51. The van der Waals surface area contributed by atoms with Gasteiger partial charge in [-0.3, -0.25) is 0 Å². The Kier molecular flexibility index (Phi) is 6.15. The van der Waals surface area contributed by atoms with Crippen molar-refractivity contribution >= 4 is 11.8 Å². The lowest BCUT2D eigenvalue weighted by molar-refractivity contribution is 0.340. The number of benzene rings is 2. The van der Waals surface area contributed by atoms with Crippen molar-refractivity contribution in [3.05, 3.63) is 59.7 Å². The molecule has 0 heterocycles. The highest BCUT2D eigenvalue weighted by atomic mass is 32.2. The molecule has 0 bridgehead atoms. The standard InChI is InChI=1S/C18H23NOS/c1-4-20-16-10-6-14(7-11-16)18(19-3)15-8-12-17(13-9-15)21-5-2/h6-13,18-19H,4-5H2,1-3H3. The molecule has 2 rings (SSSR count). The van der Waals surface area contributed by atoms with Gasteiger partial charge in [0, 0.05) is 4.90 Å². The molecule has 2 aromatic rings. The Morgan fingerprint density at radius 3 is 2.00 bits per heavy atom. The molecule has 3 heteroatoms. The molecule has 0 saturated heterocycles. The Hall–Kier alpha value is -1.45. The third kappa shape index (κ3) is 4.26. The summed E-state index contributed by atoms with van der Waals surface area (Å²) in [6.45, 7) is 4.88. The van der Waals surface area contributed by atoms with Gasteiger partial charge in [-0.25, -0.2) is 0 Å². The third-order valence-electron chi connectivity index (χ3n) is 3.34. The first kappa shape index (κ1) is 15.9. The van der Waals surface area contributed by atoms with Gasteiger partial charge < -0.3 is 10.1 Å². The highest BCUT2D eigenvalue weighted by molar-refractivity contribution is 7.99. The summed E-state index contributed by atoms with van der Waals surface area (Å²) in [5.74, 6) is 2.03. The van der Waals surface area contributed by atoms with Gasteiger partial charge in [-0.05, 0) is 55.1 Å². The van der Waals surface area contributed by atoms with Crippen LogP contribution in [0.3, 0.4) is 0 Å². The van der Waals surface area contributed by atoms with Crippen LogP contribution in [0.15, 0.2) is 53.4 Å². The van der Waals surface area contributed by atoms with Gasteiger partial charge in [-0.1, -0.05) is 31.2 Å². The van der Waals surface area contributed by atoms with Crippen LogP contribution in [0.2, 0.25) is 0 Å². The van der Waals surface area contributed by atoms with E-state index in [1.54, 1.807) is 0 Å². The summed E-state index contributed by atoms with van der Waals surface area (Å²) in [6, 6.07) is 17.3. The number of hydrogen-bond acceptors (Lipinski definition) is 3. The van der Waals surface area contributed by atoms with E-state index < -0.39 is 0 Å². The monoisotopic (exact) mass is 301 g/mol. The molecule has 0 spiro atoms. The van der Waals surface area contributed by atoms with E-state index in [4.69, 9.17) is 4.74 Å². The summed E-state index contributed by atoms with van der Waals surface area (Å²) in [5.41, 5.74) is 2.53. The molecule has 0 aliphatic heterocycles. The Labute approximate surface area is 131 Å². The fraction of sp³-hybridized carbons (Fsp3) is 0.333. The van der Waals surface area contributed by atoms with Crippen LogP contribution in [0, 0.1) is 0 Å². The maximum absolute atomic E-state index is 5.50. The molecule has 1 N–H and O–H groups in total. The van der Waals surface area contributed by atoms with E-state index in [-0.39, 0.29) is 6.04 Å². The first-order valence-corrected chi connectivity index (χ1v) is 8.39. The average molecular weight is 301 g/mol. The van der Waals surface area contributed by atoms with Crippen LogP contribution in [-0.2, 0) is 0 Å². The van der Waals surface area contributed by atoms with Crippen molar-refractivity contribution in [1.82, 2.24) is 5.32 Å². The fourth-order valence-corrected chi connectivity index (χ4v) is 3.03. The van der Waals surface area contributed by atoms with Gasteiger partial charge >= 0.3 is 0 Å². The average Bonchev–Trinajstić information content (AvgIpc) is 2.52. The van der Waals surface area contributed by atoms with Gasteiger partial charge in [0.15, 0.2) is 0 Å². The molecule has 0 amide bonds. The molecule has 0 aliphatic rings. The first-order valence-electron chi connectivity index (χ1n) is 7.41. The Bertz CT molecular complexity index is 487. The van der Waals surface area contributed by atoms with E-state index in [2.05, 4.69) is 48.6 Å². The van der Waals surface area contributed by atoms with Crippen LogP contribution in [-0.4, -0.2) is 19.4 Å². The summed E-state index contributed by atoms with van der Waals surface area (Å²) < 4.78 is 5.50. The zero-order valence-corrected chi connectivity index (χ0v) is 13.7. The van der Waals surface area contributed by atoms with E-state index in [9.17, 15) is 0 Å². The number of hydrogen-bond donors (Lipinski definition) is 1. The van der Waals surface area contributed by atoms with Gasteiger partial charge in [0.1, 0.15) is 5.75 Å². The highest BCUT2D eigenvalue weighted by Gasteiger charge is 2.11. The van der Waals surface area contributed by atoms with Crippen LogP contribution in [0.25, 0.3) is 0 Å². The molecular weight excluding hydrogens is 278 g/mol. The van der Waals surface area contributed by atoms with Crippen LogP contribution in [0.5, 0.6) is 5.75 Å². The summed E-state index contributed by atoms with van der Waals surface area (Å²) in [5, 5.41) is 3.39. The van der Waals surface area contributed by atoms with Crippen LogP contribution < -0.4 is 10.1 Å². The van der Waals surface area contributed by atoms with Gasteiger partial charge in [0.05, 0.1) is 12.6 Å². The quantitative estimate of drug-likeness (QED) is 0.760. The molecule has 0 fully saturated rings. The molecule has 112 valence electrons. The molecule has 1 unspecified atom stereocenters. The lowest BCUT2D eigenvalue weighted by Gasteiger charge is -2.18. The summed E-state index contributed by atoms with van der Waals surface area (Å²) in [7, 11) is 2.00. The molecular formula is C18H23NOS. The maximum atomic E-state index is 5.50. The SMILES string of the molecule is CCOc1ccc(C(NC)c2ccc(SCC)cc2)cc1. The Morgan fingerprint density at radius 2 is 1.52 bits per heavy atom. The van der Waals surface area contributed by atoms with Crippen LogP contribution in [0.4, 0.5) is 0 Å². The third-order valence-corrected chi connectivity index (χ3v) is 4.23. The van der Waals surface area contributed by atoms with E-state index in [1.165, 1.54) is 16.0 Å². The lowest BCUT2D eigenvalue weighted by atomic mass is 9.99. The molecule has 0 aliphatic carbocycles. The number of nitrogens with one attached hydrogen (secondary N) is 1. The van der Waals surface area contributed by atoms with Gasteiger partial charge in [-0.15, -0.1) is 11.8 Å². The Morgan fingerprint density at radius 1 is 0.952 bits per heavy atom. The first-order chi connectivity index (χ1) is 10.3.